The molecular formula is C18H26N2O. The van der Waals surface area contributed by atoms with Crippen LogP contribution in [0.25, 0.3) is 10.9 Å². The summed E-state index contributed by atoms with van der Waals surface area (Å²) in [6.45, 7) is 13.6. The van der Waals surface area contributed by atoms with Gasteiger partial charge in [-0.15, -0.1) is 0 Å². The molecule has 0 saturated heterocycles. The number of fused-ring (bicyclic) bond motifs is 1. The van der Waals surface area contributed by atoms with Crippen molar-refractivity contribution in [1.82, 2.24) is 10.3 Å². The fourth-order valence-electron chi connectivity index (χ4n) is 2.26. The van der Waals surface area contributed by atoms with E-state index in [0.717, 1.165) is 22.2 Å². The summed E-state index contributed by atoms with van der Waals surface area (Å²) in [6.07, 6.45) is 0. The number of nitrogens with one attached hydrogen (secondary N) is 2. The normalized spacial score (nSPS) is 13.4. The predicted octanol–water partition coefficient (Wildman–Crippen LogP) is 4.20. The highest BCUT2D eigenvalue weighted by atomic mass is 16.1. The van der Waals surface area contributed by atoms with E-state index in [2.05, 4.69) is 51.8 Å². The van der Waals surface area contributed by atoms with Crippen LogP contribution in [0.1, 0.15) is 49.3 Å². The molecule has 3 nitrogen and oxygen atoms in total. The van der Waals surface area contributed by atoms with Crippen molar-refractivity contribution in [3.8, 4) is 0 Å². The molecule has 1 heterocycles. The van der Waals surface area contributed by atoms with E-state index in [1.54, 1.807) is 0 Å². The Bertz CT molecular complexity index is 662. The molecule has 1 amide bonds. The summed E-state index contributed by atoms with van der Waals surface area (Å²) in [5.41, 5.74) is 4.38. The first kappa shape index (κ1) is 15.6. The van der Waals surface area contributed by atoms with Crippen LogP contribution in [0, 0.1) is 25.2 Å². The van der Waals surface area contributed by atoms with E-state index >= 15 is 0 Å². The van der Waals surface area contributed by atoms with E-state index in [1.165, 1.54) is 5.56 Å². The maximum atomic E-state index is 12.3. The van der Waals surface area contributed by atoms with Gasteiger partial charge in [-0.2, -0.15) is 0 Å². The highest BCUT2D eigenvalue weighted by molar-refractivity contribution is 5.99. The van der Waals surface area contributed by atoms with Crippen LogP contribution in [0.15, 0.2) is 18.2 Å². The molecule has 1 aromatic carbocycles. The van der Waals surface area contributed by atoms with Crippen LogP contribution in [-0.4, -0.2) is 17.4 Å². The lowest BCUT2D eigenvalue weighted by Gasteiger charge is -2.27. The molecule has 1 aromatic heterocycles. The van der Waals surface area contributed by atoms with Crippen LogP contribution in [0.4, 0.5) is 0 Å². The van der Waals surface area contributed by atoms with Gasteiger partial charge in [0.1, 0.15) is 0 Å². The maximum absolute atomic E-state index is 12.3. The monoisotopic (exact) mass is 286 g/mol. The average molecular weight is 286 g/mol. The van der Waals surface area contributed by atoms with Gasteiger partial charge in [0.25, 0.3) is 5.91 Å². The van der Waals surface area contributed by atoms with Gasteiger partial charge in [0.15, 0.2) is 0 Å². The highest BCUT2D eigenvalue weighted by Gasteiger charge is 2.20. The standard InChI is InChI=1S/C18H26N2O/c1-11(18(4,5)6)10-19-17(21)14-7-8-16-15(9-14)12(2)13(3)20-16/h7-9,11,20H,10H2,1-6H3,(H,19,21). The molecule has 0 aliphatic heterocycles. The first-order chi connectivity index (χ1) is 9.70. The Morgan fingerprint density at radius 1 is 1.29 bits per heavy atom. The van der Waals surface area contributed by atoms with Crippen molar-refractivity contribution in [2.45, 2.75) is 41.5 Å². The predicted molar refractivity (Wildman–Crippen MR) is 88.7 cm³/mol. The Hall–Kier alpha value is -1.77. The maximum Gasteiger partial charge on any atom is 0.251 e. The third kappa shape index (κ3) is 3.29. The summed E-state index contributed by atoms with van der Waals surface area (Å²) in [6, 6.07) is 5.84. The molecule has 0 spiro atoms. The number of H-pyrrole nitrogens is 1. The first-order valence-corrected chi connectivity index (χ1v) is 7.57. The summed E-state index contributed by atoms with van der Waals surface area (Å²) in [7, 11) is 0. The lowest BCUT2D eigenvalue weighted by atomic mass is 9.82. The summed E-state index contributed by atoms with van der Waals surface area (Å²) >= 11 is 0. The van der Waals surface area contributed by atoms with Crippen molar-refractivity contribution in [2.24, 2.45) is 11.3 Å². The van der Waals surface area contributed by atoms with Gasteiger partial charge in [-0.3, -0.25) is 4.79 Å². The molecule has 21 heavy (non-hydrogen) atoms. The zero-order chi connectivity index (χ0) is 15.8. The van der Waals surface area contributed by atoms with Gasteiger partial charge in [0, 0.05) is 28.7 Å². The van der Waals surface area contributed by atoms with Crippen LogP contribution in [0.5, 0.6) is 0 Å². The van der Waals surface area contributed by atoms with Gasteiger partial charge in [-0.05, 0) is 48.9 Å². The Labute approximate surface area is 127 Å². The second kappa shape index (κ2) is 5.55. The molecule has 0 saturated carbocycles. The number of amides is 1. The summed E-state index contributed by atoms with van der Waals surface area (Å²) in [4.78, 5) is 15.6. The SMILES string of the molecule is Cc1[nH]c2ccc(C(=O)NCC(C)C(C)(C)C)cc2c1C. The van der Waals surface area contributed by atoms with E-state index in [-0.39, 0.29) is 11.3 Å². The molecule has 0 aliphatic rings. The van der Waals surface area contributed by atoms with E-state index in [4.69, 9.17) is 0 Å². The lowest BCUT2D eigenvalue weighted by molar-refractivity contribution is 0.0937. The smallest absolute Gasteiger partial charge is 0.251 e. The lowest BCUT2D eigenvalue weighted by Crippen LogP contribution is -2.33. The van der Waals surface area contributed by atoms with Crippen molar-refractivity contribution >= 4 is 16.8 Å². The average Bonchev–Trinajstić information content (AvgIpc) is 2.69. The molecule has 114 valence electrons. The minimum atomic E-state index is 0.00579. The van der Waals surface area contributed by atoms with E-state index in [1.807, 2.05) is 18.2 Å². The summed E-state index contributed by atoms with van der Waals surface area (Å²) in [5.74, 6) is 0.438. The highest BCUT2D eigenvalue weighted by Crippen LogP contribution is 2.25. The largest absolute Gasteiger partial charge is 0.358 e. The van der Waals surface area contributed by atoms with Crippen LogP contribution in [0.2, 0.25) is 0 Å². The number of aromatic amines is 1. The molecule has 0 aliphatic carbocycles. The molecule has 0 radical (unpaired) electrons. The Kier molecular flexibility index (Phi) is 4.13. The van der Waals surface area contributed by atoms with Gasteiger partial charge >= 0.3 is 0 Å². The fourth-order valence-corrected chi connectivity index (χ4v) is 2.26. The van der Waals surface area contributed by atoms with Crippen LogP contribution in [0.3, 0.4) is 0 Å². The Morgan fingerprint density at radius 3 is 2.57 bits per heavy atom. The quantitative estimate of drug-likeness (QED) is 0.872. The fraction of sp³-hybridized carbons (Fsp3) is 0.500. The third-order valence-corrected chi connectivity index (χ3v) is 4.62. The van der Waals surface area contributed by atoms with Crippen molar-refractivity contribution < 1.29 is 4.79 Å². The second-order valence-electron chi connectivity index (χ2n) is 7.11. The molecule has 2 rings (SSSR count). The van der Waals surface area contributed by atoms with Crippen molar-refractivity contribution in [2.75, 3.05) is 6.54 Å². The van der Waals surface area contributed by atoms with Crippen molar-refractivity contribution in [3.05, 3.63) is 35.0 Å². The molecule has 1 unspecified atom stereocenters. The molecule has 0 bridgehead atoms. The minimum absolute atomic E-state index is 0.00579. The van der Waals surface area contributed by atoms with Gasteiger partial charge in [0.2, 0.25) is 0 Å². The second-order valence-corrected chi connectivity index (χ2v) is 7.11. The number of hydrogen-bond acceptors (Lipinski definition) is 1. The molecule has 0 fully saturated rings. The van der Waals surface area contributed by atoms with Crippen molar-refractivity contribution in [3.63, 3.8) is 0 Å². The van der Waals surface area contributed by atoms with Gasteiger partial charge in [-0.25, -0.2) is 0 Å². The third-order valence-electron chi connectivity index (χ3n) is 4.62. The number of rotatable bonds is 3. The van der Waals surface area contributed by atoms with E-state index in [0.29, 0.717) is 12.5 Å². The van der Waals surface area contributed by atoms with Gasteiger partial charge in [-0.1, -0.05) is 27.7 Å². The molecule has 3 heteroatoms. The summed E-state index contributed by atoms with van der Waals surface area (Å²) in [5, 5.41) is 4.18. The molecule has 1 atom stereocenters. The van der Waals surface area contributed by atoms with Crippen LogP contribution in [-0.2, 0) is 0 Å². The van der Waals surface area contributed by atoms with Crippen LogP contribution >= 0.6 is 0 Å². The number of benzene rings is 1. The number of carbonyl (C=O) groups excluding carboxylic acids is 1. The number of aromatic nitrogens is 1. The zero-order valence-electron chi connectivity index (χ0n) is 13.9. The van der Waals surface area contributed by atoms with Gasteiger partial charge in [0.05, 0.1) is 0 Å². The van der Waals surface area contributed by atoms with E-state index in [9.17, 15) is 4.79 Å². The first-order valence-electron chi connectivity index (χ1n) is 7.57. The molecule has 2 N–H and O–H groups in total. The number of carbonyl (C=O) groups is 1. The molecule has 2 aromatic rings. The Morgan fingerprint density at radius 2 is 1.95 bits per heavy atom. The summed E-state index contributed by atoms with van der Waals surface area (Å²) < 4.78 is 0. The van der Waals surface area contributed by atoms with Gasteiger partial charge < -0.3 is 10.3 Å². The number of hydrogen-bond donors (Lipinski definition) is 2. The Balaban J connectivity index is 2.15. The molecular weight excluding hydrogens is 260 g/mol. The van der Waals surface area contributed by atoms with E-state index < -0.39 is 0 Å². The minimum Gasteiger partial charge on any atom is -0.358 e. The zero-order valence-corrected chi connectivity index (χ0v) is 13.9. The van der Waals surface area contributed by atoms with Crippen molar-refractivity contribution in [1.29, 1.82) is 0 Å². The topological polar surface area (TPSA) is 44.9 Å². The number of aryl methyl sites for hydroxylation is 2. The van der Waals surface area contributed by atoms with Crippen LogP contribution < -0.4 is 5.32 Å².